The molecule has 164 valence electrons. The topological polar surface area (TPSA) is 84.9 Å². The van der Waals surface area contributed by atoms with Crippen molar-refractivity contribution in [3.63, 3.8) is 0 Å². The van der Waals surface area contributed by atoms with Gasteiger partial charge in [0, 0.05) is 11.1 Å². The van der Waals surface area contributed by atoms with Crippen molar-refractivity contribution >= 4 is 24.5 Å². The number of alkyl halides is 2. The number of carbonyl (C=O) groups excluding carboxylic acids is 2. The number of fused-ring (bicyclic) bond motifs is 1. The van der Waals surface area contributed by atoms with Gasteiger partial charge in [-0.2, -0.15) is 0 Å². The molecule has 3 rings (SSSR count). The maximum atomic E-state index is 13.7. The van der Waals surface area contributed by atoms with Crippen molar-refractivity contribution in [1.29, 1.82) is 0 Å². The van der Waals surface area contributed by atoms with E-state index in [2.05, 4.69) is 5.32 Å². The van der Waals surface area contributed by atoms with Crippen molar-refractivity contribution in [2.75, 3.05) is 0 Å². The molecule has 10 heteroatoms. The van der Waals surface area contributed by atoms with E-state index in [0.29, 0.717) is 11.1 Å². The van der Waals surface area contributed by atoms with E-state index in [-0.39, 0.29) is 24.2 Å². The quantitative estimate of drug-likeness (QED) is 0.516. The fourth-order valence-electron chi connectivity index (χ4n) is 3.33. The Morgan fingerprint density at radius 3 is 2.48 bits per heavy atom. The molecule has 2 N–H and O–H groups in total. The zero-order chi connectivity index (χ0) is 22.7. The minimum absolute atomic E-state index is 0.0392. The Bertz CT molecular complexity index is 968. The summed E-state index contributed by atoms with van der Waals surface area (Å²) in [7, 11) is -1.55. The fourth-order valence-corrected chi connectivity index (χ4v) is 3.33. The van der Waals surface area contributed by atoms with Gasteiger partial charge >= 0.3 is 13.1 Å². The predicted molar refractivity (Wildman–Crippen MR) is 106 cm³/mol. The summed E-state index contributed by atoms with van der Waals surface area (Å²) < 4.78 is 50.7. The highest BCUT2D eigenvalue weighted by atomic mass is 19.3. The van der Waals surface area contributed by atoms with Gasteiger partial charge in [0.05, 0.1) is 6.61 Å². The molecule has 0 aliphatic carbocycles. The van der Waals surface area contributed by atoms with Gasteiger partial charge in [-0.1, -0.05) is 32.0 Å². The lowest BCUT2D eigenvalue weighted by Crippen LogP contribution is -2.46. The van der Waals surface area contributed by atoms with E-state index in [0.717, 1.165) is 0 Å². The van der Waals surface area contributed by atoms with Gasteiger partial charge in [0.25, 0.3) is 12.3 Å². The van der Waals surface area contributed by atoms with Crippen molar-refractivity contribution in [2.24, 2.45) is 5.92 Å². The summed E-state index contributed by atoms with van der Waals surface area (Å²) in [6.45, 7) is 3.15. The summed E-state index contributed by atoms with van der Waals surface area (Å²) in [6, 6.07) is 6.91. The minimum atomic E-state index is -3.03. The SMILES string of the molecule is CC(C)[C@H](NC(=O)c1ccc2c(c1C(F)F)B(O)OC2)C(=O)OCc1ccc(F)cc1. The second-order valence-corrected chi connectivity index (χ2v) is 7.49. The smallest absolute Gasteiger partial charge is 0.459 e. The van der Waals surface area contributed by atoms with E-state index in [1.807, 2.05) is 0 Å². The average Bonchev–Trinajstić information content (AvgIpc) is 3.11. The molecule has 1 amide bonds. The van der Waals surface area contributed by atoms with Gasteiger partial charge in [-0.05, 0) is 40.7 Å². The number of rotatable bonds is 7. The molecule has 1 aliphatic heterocycles. The van der Waals surface area contributed by atoms with Crippen LogP contribution in [0.4, 0.5) is 13.2 Å². The number of hydrogen-bond donors (Lipinski definition) is 2. The molecular formula is C21H21BF3NO5. The van der Waals surface area contributed by atoms with Crippen LogP contribution in [-0.4, -0.2) is 30.1 Å². The van der Waals surface area contributed by atoms with Crippen molar-refractivity contribution in [3.8, 4) is 0 Å². The van der Waals surface area contributed by atoms with Crippen LogP contribution in [0.5, 0.6) is 0 Å². The summed E-state index contributed by atoms with van der Waals surface area (Å²) in [5, 5.41) is 12.3. The summed E-state index contributed by atoms with van der Waals surface area (Å²) in [5.41, 5.74) is -0.172. The van der Waals surface area contributed by atoms with E-state index < -0.39 is 48.8 Å². The van der Waals surface area contributed by atoms with E-state index in [4.69, 9.17) is 9.39 Å². The highest BCUT2D eigenvalue weighted by Crippen LogP contribution is 2.26. The maximum absolute atomic E-state index is 13.7. The predicted octanol–water partition coefficient (Wildman–Crippen LogP) is 2.48. The number of amides is 1. The molecule has 0 aromatic heterocycles. The number of esters is 1. The number of nitrogens with one attached hydrogen (secondary N) is 1. The Kier molecular flexibility index (Phi) is 7.02. The lowest BCUT2D eigenvalue weighted by atomic mass is 9.74. The molecule has 0 fully saturated rings. The summed E-state index contributed by atoms with van der Waals surface area (Å²) >= 11 is 0. The van der Waals surface area contributed by atoms with Crippen LogP contribution >= 0.6 is 0 Å². The van der Waals surface area contributed by atoms with Gasteiger partial charge < -0.3 is 19.7 Å². The van der Waals surface area contributed by atoms with Crippen LogP contribution in [0, 0.1) is 11.7 Å². The number of halogens is 3. The Labute approximate surface area is 177 Å². The number of carbonyl (C=O) groups is 2. The molecule has 0 spiro atoms. The molecule has 0 saturated carbocycles. The van der Waals surface area contributed by atoms with Gasteiger partial charge in [-0.3, -0.25) is 4.79 Å². The largest absolute Gasteiger partial charge is 0.492 e. The molecule has 2 aromatic carbocycles. The molecule has 31 heavy (non-hydrogen) atoms. The van der Waals surface area contributed by atoms with Gasteiger partial charge in [0.15, 0.2) is 0 Å². The number of benzene rings is 2. The second-order valence-electron chi connectivity index (χ2n) is 7.49. The lowest BCUT2D eigenvalue weighted by molar-refractivity contribution is -0.148. The van der Waals surface area contributed by atoms with Crippen LogP contribution < -0.4 is 10.8 Å². The first-order valence-electron chi connectivity index (χ1n) is 9.64. The molecule has 0 saturated heterocycles. The third kappa shape index (κ3) is 5.08. The minimum Gasteiger partial charge on any atom is -0.459 e. The van der Waals surface area contributed by atoms with Crippen LogP contribution in [0.1, 0.15) is 47.3 Å². The summed E-state index contributed by atoms with van der Waals surface area (Å²) in [5.74, 6) is -2.48. The van der Waals surface area contributed by atoms with Gasteiger partial charge in [-0.25, -0.2) is 18.0 Å². The molecule has 1 atom stereocenters. The van der Waals surface area contributed by atoms with E-state index in [1.54, 1.807) is 13.8 Å². The van der Waals surface area contributed by atoms with Crippen molar-refractivity contribution in [1.82, 2.24) is 5.32 Å². The van der Waals surface area contributed by atoms with Crippen LogP contribution in [0.3, 0.4) is 0 Å². The Morgan fingerprint density at radius 1 is 1.19 bits per heavy atom. The Balaban J connectivity index is 1.77. The molecule has 1 heterocycles. The molecule has 0 bridgehead atoms. The molecule has 2 aromatic rings. The van der Waals surface area contributed by atoms with E-state index >= 15 is 0 Å². The first-order valence-corrected chi connectivity index (χ1v) is 9.64. The standard InChI is InChI=1S/C21H21BF3NO5/c1-11(2)18(21(28)30-9-12-3-6-14(23)7-4-12)26-20(27)15-8-5-13-10-31-22(29)17(13)16(15)19(24)25/h3-8,11,18-19,29H,9-10H2,1-2H3,(H,26,27)/t18-/m0/s1. The van der Waals surface area contributed by atoms with E-state index in [9.17, 15) is 27.8 Å². The highest BCUT2D eigenvalue weighted by molar-refractivity contribution is 6.62. The normalized spacial score (nSPS) is 14.0. The first-order chi connectivity index (χ1) is 14.7. The van der Waals surface area contributed by atoms with Crippen molar-refractivity contribution in [3.05, 3.63) is 64.5 Å². The first kappa shape index (κ1) is 22.8. The molecule has 6 nitrogen and oxygen atoms in total. The van der Waals surface area contributed by atoms with Gasteiger partial charge in [-0.15, -0.1) is 0 Å². The third-order valence-corrected chi connectivity index (χ3v) is 4.99. The van der Waals surface area contributed by atoms with Crippen LogP contribution in [0.2, 0.25) is 0 Å². The Hall–Kier alpha value is -2.85. The number of ether oxygens (including phenoxy) is 1. The van der Waals surface area contributed by atoms with Crippen LogP contribution in [0.25, 0.3) is 0 Å². The van der Waals surface area contributed by atoms with Crippen LogP contribution in [-0.2, 0) is 27.4 Å². The molecule has 0 radical (unpaired) electrons. The van der Waals surface area contributed by atoms with Gasteiger partial charge in [0.1, 0.15) is 18.5 Å². The monoisotopic (exact) mass is 435 g/mol. The maximum Gasteiger partial charge on any atom is 0.492 e. The second kappa shape index (κ2) is 9.53. The molecule has 0 unspecified atom stereocenters. The molecule has 1 aliphatic rings. The summed E-state index contributed by atoms with van der Waals surface area (Å²) in [6.07, 6.45) is -3.03. The average molecular weight is 435 g/mol. The van der Waals surface area contributed by atoms with Crippen molar-refractivity contribution in [2.45, 2.75) is 39.5 Å². The van der Waals surface area contributed by atoms with Crippen LogP contribution in [0.15, 0.2) is 36.4 Å². The third-order valence-electron chi connectivity index (χ3n) is 4.99. The lowest BCUT2D eigenvalue weighted by Gasteiger charge is -2.22. The molecular weight excluding hydrogens is 414 g/mol. The zero-order valence-corrected chi connectivity index (χ0v) is 16.9. The number of hydrogen-bond acceptors (Lipinski definition) is 5. The highest BCUT2D eigenvalue weighted by Gasteiger charge is 2.37. The fraction of sp³-hybridized carbons (Fsp3) is 0.333. The summed E-state index contributed by atoms with van der Waals surface area (Å²) in [4.78, 5) is 25.3. The van der Waals surface area contributed by atoms with Gasteiger partial charge in [0.2, 0.25) is 0 Å². The zero-order valence-electron chi connectivity index (χ0n) is 16.9. The van der Waals surface area contributed by atoms with E-state index in [1.165, 1.54) is 36.4 Å². The van der Waals surface area contributed by atoms with Crippen molar-refractivity contribution < 1.29 is 37.2 Å². The Morgan fingerprint density at radius 2 is 1.87 bits per heavy atom.